The molecule has 2 aromatic heterocycles. The number of hydrogen-bond acceptors (Lipinski definition) is 9. The highest BCUT2D eigenvalue weighted by Gasteiger charge is 2.21. The quantitative estimate of drug-likeness (QED) is 0.108. The Labute approximate surface area is 297 Å². The molecule has 3 aromatic carbocycles. The van der Waals surface area contributed by atoms with Crippen LogP contribution in [0.2, 0.25) is 0 Å². The zero-order valence-electron chi connectivity index (χ0n) is 29.3. The van der Waals surface area contributed by atoms with Gasteiger partial charge in [-0.1, -0.05) is 30.3 Å². The molecule has 3 heterocycles. The topological polar surface area (TPSA) is 140 Å². The standard InChI is InChI=1S/C38H44N8O5/c1-44-25-39-38(43-44)30-8-6-27(7-9-30)28-16-19-46(20-17-28)36(48)24-45(26-50-3)18-4-5-35(47)40-31-12-15-34-33(23-31)37(42-41-34)29-10-13-32(14-11-29)51-22-21-49-2/h6-16,23,25H,4-5,17-22,24,26H2,1-3H3,(H,40,47)(H,41,42). The molecular formula is C38H44N8O5. The maximum Gasteiger partial charge on any atom is 0.237 e. The predicted molar refractivity (Wildman–Crippen MR) is 196 cm³/mol. The number of methoxy groups -OCH3 is 2. The van der Waals surface area contributed by atoms with Gasteiger partial charge >= 0.3 is 0 Å². The zero-order chi connectivity index (χ0) is 35.6. The molecule has 0 aliphatic carbocycles. The van der Waals surface area contributed by atoms with Gasteiger partial charge in [0.15, 0.2) is 5.82 Å². The van der Waals surface area contributed by atoms with Crippen LogP contribution in [-0.2, 0) is 26.1 Å². The number of nitrogens with zero attached hydrogens (tertiary/aromatic N) is 6. The van der Waals surface area contributed by atoms with Gasteiger partial charge in [-0.2, -0.15) is 10.2 Å². The fourth-order valence-electron chi connectivity index (χ4n) is 6.08. The van der Waals surface area contributed by atoms with E-state index >= 15 is 0 Å². The van der Waals surface area contributed by atoms with Crippen molar-refractivity contribution >= 4 is 34.0 Å². The Bertz CT molecular complexity index is 1950. The van der Waals surface area contributed by atoms with E-state index in [0.717, 1.165) is 45.5 Å². The molecule has 0 spiro atoms. The summed E-state index contributed by atoms with van der Waals surface area (Å²) in [6, 6.07) is 21.7. The third-order valence-electron chi connectivity index (χ3n) is 8.75. The normalized spacial score (nSPS) is 13.1. The number of carbonyl (C=O) groups is 2. The average Bonchev–Trinajstić information content (AvgIpc) is 3.78. The Morgan fingerprint density at radius 2 is 1.75 bits per heavy atom. The minimum Gasteiger partial charge on any atom is -0.491 e. The second kappa shape index (κ2) is 17.0. The van der Waals surface area contributed by atoms with E-state index in [1.54, 1.807) is 25.2 Å². The van der Waals surface area contributed by atoms with E-state index in [4.69, 9.17) is 14.2 Å². The van der Waals surface area contributed by atoms with E-state index in [1.807, 2.05) is 71.4 Å². The highest BCUT2D eigenvalue weighted by atomic mass is 16.5. The van der Waals surface area contributed by atoms with Crippen LogP contribution in [-0.4, -0.2) is 107 Å². The average molecular weight is 693 g/mol. The van der Waals surface area contributed by atoms with Crippen LogP contribution in [0.15, 0.2) is 79.1 Å². The second-order valence-corrected chi connectivity index (χ2v) is 12.5. The van der Waals surface area contributed by atoms with E-state index in [0.29, 0.717) is 63.9 Å². The largest absolute Gasteiger partial charge is 0.491 e. The van der Waals surface area contributed by atoms with Crippen LogP contribution < -0.4 is 10.1 Å². The first kappa shape index (κ1) is 35.5. The van der Waals surface area contributed by atoms with Gasteiger partial charge in [0, 0.05) is 69.5 Å². The van der Waals surface area contributed by atoms with Gasteiger partial charge in [-0.15, -0.1) is 0 Å². The summed E-state index contributed by atoms with van der Waals surface area (Å²) < 4.78 is 17.8. The summed E-state index contributed by atoms with van der Waals surface area (Å²) >= 11 is 0. The lowest BCUT2D eigenvalue weighted by atomic mass is 9.98. The molecule has 5 aromatic rings. The number of fused-ring (bicyclic) bond motifs is 1. The van der Waals surface area contributed by atoms with Crippen LogP contribution in [0, 0.1) is 0 Å². The number of H-pyrrole nitrogens is 1. The molecule has 0 radical (unpaired) electrons. The summed E-state index contributed by atoms with van der Waals surface area (Å²) in [7, 11) is 5.10. The van der Waals surface area contributed by atoms with Crippen LogP contribution in [0.1, 0.15) is 24.8 Å². The van der Waals surface area contributed by atoms with E-state index < -0.39 is 0 Å². The Kier molecular flexibility index (Phi) is 11.8. The van der Waals surface area contributed by atoms with Gasteiger partial charge in [0.1, 0.15) is 18.7 Å². The second-order valence-electron chi connectivity index (χ2n) is 12.5. The Morgan fingerprint density at radius 3 is 2.45 bits per heavy atom. The number of anilines is 1. The lowest BCUT2D eigenvalue weighted by molar-refractivity contribution is -0.133. The summed E-state index contributed by atoms with van der Waals surface area (Å²) in [5, 5.41) is 15.9. The lowest BCUT2D eigenvalue weighted by Gasteiger charge is -2.29. The van der Waals surface area contributed by atoms with Gasteiger partial charge in [0.25, 0.3) is 0 Å². The maximum absolute atomic E-state index is 13.2. The number of ether oxygens (including phenoxy) is 3. The van der Waals surface area contributed by atoms with Gasteiger partial charge in [0.05, 0.1) is 31.1 Å². The summed E-state index contributed by atoms with van der Waals surface area (Å²) in [6.45, 7) is 3.29. The molecule has 1 aliphatic rings. The first-order valence-corrected chi connectivity index (χ1v) is 17.0. The summed E-state index contributed by atoms with van der Waals surface area (Å²) in [5.74, 6) is 1.40. The Hall–Kier alpha value is -5.37. The first-order chi connectivity index (χ1) is 24.9. The molecule has 0 atom stereocenters. The number of nitrogens with one attached hydrogen (secondary N) is 2. The third kappa shape index (κ3) is 9.25. The molecule has 51 heavy (non-hydrogen) atoms. The van der Waals surface area contributed by atoms with Crippen molar-refractivity contribution in [2.24, 2.45) is 7.05 Å². The summed E-state index contributed by atoms with van der Waals surface area (Å²) in [6.07, 6.45) is 5.47. The van der Waals surface area contributed by atoms with Crippen LogP contribution in [0.25, 0.3) is 39.1 Å². The van der Waals surface area contributed by atoms with Crippen molar-refractivity contribution in [2.75, 3.05) is 65.7 Å². The minimum atomic E-state index is -0.0985. The van der Waals surface area contributed by atoms with Crippen molar-refractivity contribution in [1.82, 2.24) is 34.8 Å². The van der Waals surface area contributed by atoms with E-state index in [1.165, 1.54) is 5.57 Å². The van der Waals surface area contributed by atoms with Crippen LogP contribution in [0.4, 0.5) is 5.69 Å². The molecule has 0 saturated heterocycles. The number of benzene rings is 3. The van der Waals surface area contributed by atoms with Gasteiger partial charge in [-0.25, -0.2) is 4.98 Å². The molecule has 6 rings (SSSR count). The van der Waals surface area contributed by atoms with Crippen LogP contribution >= 0.6 is 0 Å². The number of aryl methyl sites for hydroxylation is 1. The van der Waals surface area contributed by atoms with Crippen LogP contribution in [0.3, 0.4) is 0 Å². The van der Waals surface area contributed by atoms with Gasteiger partial charge in [0.2, 0.25) is 11.8 Å². The molecular weight excluding hydrogens is 648 g/mol. The number of aromatic amines is 1. The number of hydrogen-bond donors (Lipinski definition) is 2. The van der Waals surface area contributed by atoms with Crippen molar-refractivity contribution in [3.05, 3.63) is 84.7 Å². The summed E-state index contributed by atoms with van der Waals surface area (Å²) in [5.41, 5.74) is 6.62. The maximum atomic E-state index is 13.2. The van der Waals surface area contributed by atoms with E-state index in [9.17, 15) is 9.59 Å². The Balaban J connectivity index is 0.971. The van der Waals surface area contributed by atoms with Crippen molar-refractivity contribution in [2.45, 2.75) is 19.3 Å². The monoisotopic (exact) mass is 692 g/mol. The fraction of sp³-hybridized carbons (Fsp3) is 0.342. The van der Waals surface area contributed by atoms with Crippen molar-refractivity contribution < 1.29 is 23.8 Å². The highest BCUT2D eigenvalue weighted by Crippen LogP contribution is 2.30. The van der Waals surface area contributed by atoms with Crippen molar-refractivity contribution in [1.29, 1.82) is 0 Å². The van der Waals surface area contributed by atoms with Gasteiger partial charge < -0.3 is 24.4 Å². The number of aromatic nitrogens is 5. The highest BCUT2D eigenvalue weighted by molar-refractivity contribution is 5.98. The molecule has 2 N–H and O–H groups in total. The predicted octanol–water partition coefficient (Wildman–Crippen LogP) is 4.99. The number of carbonyl (C=O) groups excluding carboxylic acids is 2. The molecule has 0 unspecified atom stereocenters. The Morgan fingerprint density at radius 1 is 0.961 bits per heavy atom. The van der Waals surface area contributed by atoms with Crippen LogP contribution in [0.5, 0.6) is 5.75 Å². The lowest BCUT2D eigenvalue weighted by Crippen LogP contribution is -2.43. The third-order valence-corrected chi connectivity index (χ3v) is 8.75. The SMILES string of the molecule is COCCOc1ccc(-c2n[nH]c3ccc(NC(=O)CCCN(COC)CC(=O)N4CC=C(c5ccc(-c6ncn(C)n6)cc5)CC4)cc23)cc1. The molecule has 0 bridgehead atoms. The van der Waals surface area contributed by atoms with Crippen molar-refractivity contribution in [3.8, 4) is 28.4 Å². The molecule has 266 valence electrons. The minimum absolute atomic E-state index is 0.0425. The molecule has 0 fully saturated rings. The molecule has 13 heteroatoms. The van der Waals surface area contributed by atoms with Crippen molar-refractivity contribution in [3.63, 3.8) is 0 Å². The van der Waals surface area contributed by atoms with E-state index in [-0.39, 0.29) is 18.4 Å². The molecule has 0 saturated carbocycles. The fourth-order valence-corrected chi connectivity index (χ4v) is 6.08. The van der Waals surface area contributed by atoms with Gasteiger partial charge in [-0.3, -0.25) is 24.3 Å². The molecule has 2 amide bonds. The van der Waals surface area contributed by atoms with E-state index in [2.05, 4.69) is 43.8 Å². The van der Waals surface area contributed by atoms with Gasteiger partial charge in [-0.05, 0) is 66.4 Å². The summed E-state index contributed by atoms with van der Waals surface area (Å²) in [4.78, 5) is 34.3. The smallest absolute Gasteiger partial charge is 0.237 e. The molecule has 13 nitrogen and oxygen atoms in total. The number of rotatable bonds is 16. The zero-order valence-corrected chi connectivity index (χ0v) is 29.3. The molecule has 1 aliphatic heterocycles. The first-order valence-electron chi connectivity index (χ1n) is 17.0. The number of amides is 2.